The fourth-order valence-electron chi connectivity index (χ4n) is 2.61. The first-order chi connectivity index (χ1) is 11.5. The quantitative estimate of drug-likeness (QED) is 0.757. The summed E-state index contributed by atoms with van der Waals surface area (Å²) < 4.78 is 27.1. The normalized spacial score (nSPS) is 12.2. The van der Waals surface area contributed by atoms with Gasteiger partial charge in [0.1, 0.15) is 4.90 Å². The number of nitrogens with one attached hydrogen (secondary N) is 3. The van der Waals surface area contributed by atoms with Gasteiger partial charge in [-0.05, 0) is 30.9 Å². The summed E-state index contributed by atoms with van der Waals surface area (Å²) >= 11 is 0. The molecule has 7 nitrogen and oxygen atoms in total. The van der Waals surface area contributed by atoms with Crippen molar-refractivity contribution in [2.75, 3.05) is 11.9 Å². The second kappa shape index (κ2) is 6.97. The highest BCUT2D eigenvalue weighted by atomic mass is 32.2. The number of para-hydroxylation sites is 1. The molecule has 0 saturated heterocycles. The Balaban J connectivity index is 2.10. The van der Waals surface area contributed by atoms with Gasteiger partial charge in [0.15, 0.2) is 0 Å². The molecule has 1 amide bonds. The molecule has 8 heteroatoms. The van der Waals surface area contributed by atoms with Crippen LogP contribution >= 0.6 is 0 Å². The van der Waals surface area contributed by atoms with Crippen LogP contribution in [0.15, 0.2) is 29.2 Å². The number of aromatic nitrogens is 2. The molecule has 2 rings (SSSR count). The maximum absolute atomic E-state index is 12.4. The number of amides is 1. The van der Waals surface area contributed by atoms with Gasteiger partial charge >= 0.3 is 0 Å². The number of hydrogen-bond acceptors (Lipinski definition) is 4. The van der Waals surface area contributed by atoms with E-state index in [1.54, 1.807) is 19.9 Å². The van der Waals surface area contributed by atoms with Crippen molar-refractivity contribution in [2.45, 2.75) is 44.9 Å². The molecule has 0 unspecified atom stereocenters. The van der Waals surface area contributed by atoms with Crippen molar-refractivity contribution in [1.82, 2.24) is 14.9 Å². The molecule has 136 valence electrons. The smallest absolute Gasteiger partial charge is 0.244 e. The lowest BCUT2D eigenvalue weighted by molar-refractivity contribution is -0.115. The van der Waals surface area contributed by atoms with Gasteiger partial charge in [0, 0.05) is 5.69 Å². The average molecular weight is 364 g/mol. The number of anilines is 1. The van der Waals surface area contributed by atoms with Crippen molar-refractivity contribution in [3.63, 3.8) is 0 Å². The zero-order valence-corrected chi connectivity index (χ0v) is 15.9. The Morgan fingerprint density at radius 3 is 2.40 bits per heavy atom. The summed E-state index contributed by atoms with van der Waals surface area (Å²) in [5.74, 6) is -0.431. The standard InChI is InChI=1S/C17H24N4O3S/c1-11-16(12(2)21-20-11)25(23,24)18-10-15(22)19-14-9-7-6-8-13(14)17(3,4)5/h6-9,18H,10H2,1-5H3,(H,19,22)(H,20,21). The molecule has 0 fully saturated rings. The lowest BCUT2D eigenvalue weighted by Gasteiger charge is -2.23. The van der Waals surface area contributed by atoms with Crippen molar-refractivity contribution in [1.29, 1.82) is 0 Å². The predicted molar refractivity (Wildman–Crippen MR) is 97.0 cm³/mol. The van der Waals surface area contributed by atoms with Gasteiger partial charge < -0.3 is 5.32 Å². The van der Waals surface area contributed by atoms with Gasteiger partial charge in [-0.15, -0.1) is 0 Å². The van der Waals surface area contributed by atoms with Crippen LogP contribution < -0.4 is 10.0 Å². The van der Waals surface area contributed by atoms with Crippen molar-refractivity contribution in [3.05, 3.63) is 41.2 Å². The van der Waals surface area contributed by atoms with Gasteiger partial charge in [0.25, 0.3) is 0 Å². The molecule has 0 radical (unpaired) electrons. The Labute approximate surface area is 148 Å². The molecule has 0 aliphatic rings. The second-order valence-corrected chi connectivity index (χ2v) is 8.64. The predicted octanol–water partition coefficient (Wildman–Crippen LogP) is 2.24. The van der Waals surface area contributed by atoms with Gasteiger partial charge in [0.05, 0.1) is 17.9 Å². The monoisotopic (exact) mass is 364 g/mol. The molecule has 0 aliphatic carbocycles. The molecular formula is C17H24N4O3S. The number of nitrogens with zero attached hydrogens (tertiary/aromatic N) is 1. The molecule has 1 aromatic carbocycles. The fourth-order valence-corrected chi connectivity index (χ4v) is 3.96. The van der Waals surface area contributed by atoms with Crippen LogP contribution in [-0.2, 0) is 20.2 Å². The van der Waals surface area contributed by atoms with Crippen molar-refractivity contribution in [3.8, 4) is 0 Å². The van der Waals surface area contributed by atoms with Crippen LogP contribution in [0.5, 0.6) is 0 Å². The third-order valence-corrected chi connectivity index (χ3v) is 5.42. The highest BCUT2D eigenvalue weighted by Crippen LogP contribution is 2.29. The number of H-pyrrole nitrogens is 1. The van der Waals surface area contributed by atoms with Crippen LogP contribution in [0.25, 0.3) is 0 Å². The van der Waals surface area contributed by atoms with Crippen LogP contribution in [0.1, 0.15) is 37.7 Å². The third kappa shape index (κ3) is 4.46. The summed E-state index contributed by atoms with van der Waals surface area (Å²) in [5, 5.41) is 9.27. The van der Waals surface area contributed by atoms with Gasteiger partial charge in [-0.1, -0.05) is 39.0 Å². The number of rotatable bonds is 5. The first-order valence-corrected chi connectivity index (χ1v) is 9.41. The molecule has 0 aliphatic heterocycles. The average Bonchev–Trinajstić information content (AvgIpc) is 2.84. The molecule has 0 atom stereocenters. The fraction of sp³-hybridized carbons (Fsp3) is 0.412. The van der Waals surface area contributed by atoms with Crippen LogP contribution in [0.3, 0.4) is 0 Å². The lowest BCUT2D eigenvalue weighted by Crippen LogP contribution is -2.33. The highest BCUT2D eigenvalue weighted by molar-refractivity contribution is 7.89. The molecule has 0 bridgehead atoms. The molecule has 0 saturated carbocycles. The van der Waals surface area contributed by atoms with E-state index in [1.165, 1.54) is 0 Å². The Morgan fingerprint density at radius 1 is 1.20 bits per heavy atom. The second-order valence-electron chi connectivity index (χ2n) is 6.93. The summed E-state index contributed by atoms with van der Waals surface area (Å²) in [7, 11) is -3.81. The van der Waals surface area contributed by atoms with Crippen LogP contribution in [-0.4, -0.2) is 31.1 Å². The maximum Gasteiger partial charge on any atom is 0.244 e. The molecule has 25 heavy (non-hydrogen) atoms. The van der Waals surface area contributed by atoms with Crippen LogP contribution in [0.4, 0.5) is 5.69 Å². The maximum atomic E-state index is 12.4. The minimum Gasteiger partial charge on any atom is -0.325 e. The molecule has 1 aromatic heterocycles. The van der Waals surface area contributed by atoms with E-state index in [0.717, 1.165) is 5.56 Å². The zero-order valence-electron chi connectivity index (χ0n) is 15.1. The van der Waals surface area contributed by atoms with E-state index in [2.05, 4.69) is 20.2 Å². The topological polar surface area (TPSA) is 104 Å². The molecule has 0 spiro atoms. The third-order valence-electron chi connectivity index (χ3n) is 3.76. The van der Waals surface area contributed by atoms with E-state index in [9.17, 15) is 13.2 Å². The van der Waals surface area contributed by atoms with Gasteiger partial charge in [-0.25, -0.2) is 13.1 Å². The van der Waals surface area contributed by atoms with Crippen molar-refractivity contribution >= 4 is 21.6 Å². The van der Waals surface area contributed by atoms with Gasteiger partial charge in [-0.3, -0.25) is 9.89 Å². The van der Waals surface area contributed by atoms with E-state index in [1.807, 2.05) is 39.0 Å². The number of aryl methyl sites for hydroxylation is 2. The van der Waals surface area contributed by atoms with E-state index in [4.69, 9.17) is 0 Å². The highest BCUT2D eigenvalue weighted by Gasteiger charge is 2.23. The summed E-state index contributed by atoms with van der Waals surface area (Å²) in [6.45, 7) is 9.00. The Bertz CT molecular complexity index is 860. The van der Waals surface area contributed by atoms with Crippen molar-refractivity contribution in [2.24, 2.45) is 0 Å². The largest absolute Gasteiger partial charge is 0.325 e. The minimum atomic E-state index is -3.81. The van der Waals surface area contributed by atoms with Gasteiger partial charge in [-0.2, -0.15) is 5.10 Å². The minimum absolute atomic E-state index is 0.0791. The summed E-state index contributed by atoms with van der Waals surface area (Å²) in [5.41, 5.74) is 2.31. The molecular weight excluding hydrogens is 340 g/mol. The SMILES string of the molecule is Cc1n[nH]c(C)c1S(=O)(=O)NCC(=O)Nc1ccccc1C(C)(C)C. The van der Waals surface area contributed by atoms with E-state index >= 15 is 0 Å². The number of sulfonamides is 1. The first-order valence-electron chi connectivity index (χ1n) is 7.93. The first kappa shape index (κ1) is 19.1. The molecule has 3 N–H and O–H groups in total. The Morgan fingerprint density at radius 2 is 1.84 bits per heavy atom. The number of benzene rings is 1. The Hall–Kier alpha value is -2.19. The van der Waals surface area contributed by atoms with E-state index in [-0.39, 0.29) is 16.9 Å². The zero-order chi connectivity index (χ0) is 18.8. The number of hydrogen-bond donors (Lipinski definition) is 3. The van der Waals surface area contributed by atoms with Crippen molar-refractivity contribution < 1.29 is 13.2 Å². The van der Waals surface area contributed by atoms with Crippen LogP contribution in [0, 0.1) is 13.8 Å². The van der Waals surface area contributed by atoms with Crippen LogP contribution in [0.2, 0.25) is 0 Å². The number of carbonyl (C=O) groups excluding carboxylic acids is 1. The molecule has 2 aromatic rings. The van der Waals surface area contributed by atoms with Gasteiger partial charge in [0.2, 0.25) is 15.9 Å². The van der Waals surface area contributed by atoms with E-state index < -0.39 is 15.9 Å². The summed E-state index contributed by atoms with van der Waals surface area (Å²) in [6.07, 6.45) is 0. The van der Waals surface area contributed by atoms with E-state index in [0.29, 0.717) is 17.1 Å². The molecule has 1 heterocycles. The lowest BCUT2D eigenvalue weighted by atomic mass is 9.86. The summed E-state index contributed by atoms with van der Waals surface area (Å²) in [6, 6.07) is 7.48. The summed E-state index contributed by atoms with van der Waals surface area (Å²) in [4.78, 5) is 12.3. The number of carbonyl (C=O) groups is 1. The number of aromatic amines is 1. The Kier molecular flexibility index (Phi) is 5.34.